The van der Waals surface area contributed by atoms with Gasteiger partial charge in [-0.3, -0.25) is 4.40 Å². The molecule has 1 unspecified atom stereocenters. The third kappa shape index (κ3) is 2.94. The second-order valence-corrected chi connectivity index (χ2v) is 6.07. The third-order valence-electron chi connectivity index (χ3n) is 3.77. The van der Waals surface area contributed by atoms with Crippen molar-refractivity contribution >= 4 is 5.65 Å². The molecule has 0 aliphatic heterocycles. The number of pyridine rings is 1. The summed E-state index contributed by atoms with van der Waals surface area (Å²) in [6.07, 6.45) is -0.459. The molecule has 23 heavy (non-hydrogen) atoms. The van der Waals surface area contributed by atoms with Gasteiger partial charge in [-0.1, -0.05) is 6.07 Å². The minimum Gasteiger partial charge on any atom is -0.491 e. The predicted octanol–water partition coefficient (Wildman–Crippen LogP) is 4.15. The topological polar surface area (TPSA) is 46.8 Å². The van der Waals surface area contributed by atoms with Gasteiger partial charge in [0.15, 0.2) is 0 Å². The first-order valence-electron chi connectivity index (χ1n) is 7.90. The molecule has 0 fully saturated rings. The number of aryl methyl sites for hydroxylation is 1. The first-order chi connectivity index (χ1) is 11.0. The van der Waals surface area contributed by atoms with E-state index in [1.807, 2.05) is 67.6 Å². The van der Waals surface area contributed by atoms with Gasteiger partial charge in [-0.2, -0.15) is 0 Å². The molecule has 0 spiro atoms. The zero-order chi connectivity index (χ0) is 16.6. The summed E-state index contributed by atoms with van der Waals surface area (Å²) in [7, 11) is 0. The Morgan fingerprint density at radius 2 is 1.74 bits per heavy atom. The van der Waals surface area contributed by atoms with E-state index in [1.54, 1.807) is 6.92 Å². The highest BCUT2D eigenvalue weighted by Crippen LogP contribution is 2.31. The third-order valence-corrected chi connectivity index (χ3v) is 3.77. The van der Waals surface area contributed by atoms with Crippen LogP contribution in [0.15, 0.2) is 42.5 Å². The average molecular weight is 310 g/mol. The molecule has 1 atom stereocenters. The van der Waals surface area contributed by atoms with Crippen molar-refractivity contribution in [1.29, 1.82) is 0 Å². The molecule has 0 amide bonds. The van der Waals surface area contributed by atoms with Gasteiger partial charge in [-0.05, 0) is 64.1 Å². The quantitative estimate of drug-likeness (QED) is 0.787. The Morgan fingerprint density at radius 3 is 2.35 bits per heavy atom. The average Bonchev–Trinajstić information content (AvgIpc) is 2.88. The molecule has 0 aliphatic carbocycles. The lowest BCUT2D eigenvalue weighted by molar-refractivity contribution is 0.194. The Balaban J connectivity index is 2.12. The number of imidazole rings is 1. The second-order valence-electron chi connectivity index (χ2n) is 6.07. The minimum atomic E-state index is -0.604. The fraction of sp³-hybridized carbons (Fsp3) is 0.316. The Labute approximate surface area is 136 Å². The van der Waals surface area contributed by atoms with Crippen LogP contribution in [0.1, 0.15) is 38.3 Å². The number of nitrogens with zero attached hydrogens (tertiary/aromatic N) is 2. The first-order valence-corrected chi connectivity index (χ1v) is 7.90. The molecule has 3 rings (SSSR count). The summed E-state index contributed by atoms with van der Waals surface area (Å²) in [5.74, 6) is 0.835. The van der Waals surface area contributed by atoms with Gasteiger partial charge in [0, 0.05) is 11.3 Å². The largest absolute Gasteiger partial charge is 0.491 e. The van der Waals surface area contributed by atoms with Crippen molar-refractivity contribution in [3.8, 4) is 17.0 Å². The summed E-state index contributed by atoms with van der Waals surface area (Å²) >= 11 is 0. The van der Waals surface area contributed by atoms with Gasteiger partial charge in [0.25, 0.3) is 0 Å². The second kappa shape index (κ2) is 6.05. The molecule has 0 saturated heterocycles. The van der Waals surface area contributed by atoms with Crippen molar-refractivity contribution < 1.29 is 9.84 Å². The number of aliphatic hydroxyl groups excluding tert-OH is 1. The van der Waals surface area contributed by atoms with E-state index in [2.05, 4.69) is 0 Å². The maximum Gasteiger partial charge on any atom is 0.137 e. The molecule has 4 heteroatoms. The number of hydrogen-bond acceptors (Lipinski definition) is 3. The standard InChI is InChI=1S/C19H22N2O2/c1-12(2)23-16-10-8-15(9-11-16)18-19(14(4)22)21-13(3)6-5-7-17(21)20-18/h5-12,14,22H,1-4H3. The molecule has 0 aliphatic rings. The maximum absolute atomic E-state index is 10.3. The van der Waals surface area contributed by atoms with Crippen LogP contribution in [-0.2, 0) is 0 Å². The number of hydrogen-bond donors (Lipinski definition) is 1. The molecular formula is C19H22N2O2. The van der Waals surface area contributed by atoms with Gasteiger partial charge < -0.3 is 9.84 Å². The van der Waals surface area contributed by atoms with Gasteiger partial charge in [0.2, 0.25) is 0 Å². The highest BCUT2D eigenvalue weighted by molar-refractivity contribution is 5.68. The number of fused-ring (bicyclic) bond motifs is 1. The van der Waals surface area contributed by atoms with Crippen molar-refractivity contribution in [3.63, 3.8) is 0 Å². The first kappa shape index (κ1) is 15.6. The predicted molar refractivity (Wildman–Crippen MR) is 91.8 cm³/mol. The fourth-order valence-corrected chi connectivity index (χ4v) is 2.84. The lowest BCUT2D eigenvalue weighted by Crippen LogP contribution is -2.05. The molecule has 0 saturated carbocycles. The maximum atomic E-state index is 10.3. The molecule has 1 N–H and O–H groups in total. The van der Waals surface area contributed by atoms with Crippen molar-refractivity contribution in [3.05, 3.63) is 53.9 Å². The van der Waals surface area contributed by atoms with Crippen molar-refractivity contribution in [2.75, 3.05) is 0 Å². The Hall–Kier alpha value is -2.33. The summed E-state index contributed by atoms with van der Waals surface area (Å²) in [6, 6.07) is 13.8. The monoisotopic (exact) mass is 310 g/mol. The number of aromatic nitrogens is 2. The van der Waals surface area contributed by atoms with Crippen LogP contribution >= 0.6 is 0 Å². The Bertz CT molecular complexity index is 817. The van der Waals surface area contributed by atoms with E-state index in [0.717, 1.165) is 34.0 Å². The summed E-state index contributed by atoms with van der Waals surface area (Å²) < 4.78 is 7.70. The van der Waals surface area contributed by atoms with Crippen LogP contribution in [-0.4, -0.2) is 20.6 Å². The lowest BCUT2D eigenvalue weighted by Gasteiger charge is -2.11. The molecule has 0 bridgehead atoms. The zero-order valence-electron chi connectivity index (χ0n) is 13.9. The van der Waals surface area contributed by atoms with E-state index < -0.39 is 6.10 Å². The molecule has 4 nitrogen and oxygen atoms in total. The highest BCUT2D eigenvalue weighted by Gasteiger charge is 2.19. The van der Waals surface area contributed by atoms with Crippen molar-refractivity contribution in [2.45, 2.75) is 39.9 Å². The van der Waals surface area contributed by atoms with Gasteiger partial charge in [-0.25, -0.2) is 4.98 Å². The molecule has 3 aromatic rings. The lowest BCUT2D eigenvalue weighted by atomic mass is 10.1. The van der Waals surface area contributed by atoms with Gasteiger partial charge in [0.1, 0.15) is 11.4 Å². The van der Waals surface area contributed by atoms with E-state index >= 15 is 0 Å². The van der Waals surface area contributed by atoms with Crippen LogP contribution in [0.2, 0.25) is 0 Å². The smallest absolute Gasteiger partial charge is 0.137 e. The van der Waals surface area contributed by atoms with Gasteiger partial charge in [0.05, 0.1) is 23.6 Å². The van der Waals surface area contributed by atoms with E-state index in [4.69, 9.17) is 9.72 Å². The summed E-state index contributed by atoms with van der Waals surface area (Å²) in [4.78, 5) is 4.72. The van der Waals surface area contributed by atoms with E-state index in [0.29, 0.717) is 0 Å². The molecule has 1 aromatic carbocycles. The molecular weight excluding hydrogens is 288 g/mol. The number of benzene rings is 1. The van der Waals surface area contributed by atoms with Crippen LogP contribution in [0.4, 0.5) is 0 Å². The van der Waals surface area contributed by atoms with Gasteiger partial charge >= 0.3 is 0 Å². The molecule has 0 radical (unpaired) electrons. The minimum absolute atomic E-state index is 0.145. The van der Waals surface area contributed by atoms with Crippen molar-refractivity contribution in [2.24, 2.45) is 0 Å². The van der Waals surface area contributed by atoms with Crippen LogP contribution in [0, 0.1) is 6.92 Å². The van der Waals surface area contributed by atoms with Crippen LogP contribution < -0.4 is 4.74 Å². The number of aliphatic hydroxyl groups is 1. The Morgan fingerprint density at radius 1 is 1.04 bits per heavy atom. The SMILES string of the molecule is Cc1cccc2nc(-c3ccc(OC(C)C)cc3)c(C(C)O)n12. The molecule has 120 valence electrons. The highest BCUT2D eigenvalue weighted by atomic mass is 16.5. The Kier molecular flexibility index (Phi) is 4.09. The van der Waals surface area contributed by atoms with Crippen LogP contribution in [0.5, 0.6) is 5.75 Å². The summed E-state index contributed by atoms with van der Waals surface area (Å²) in [5.41, 5.74) is 4.50. The number of ether oxygens (including phenoxy) is 1. The fourth-order valence-electron chi connectivity index (χ4n) is 2.84. The van der Waals surface area contributed by atoms with E-state index in [1.165, 1.54) is 0 Å². The van der Waals surface area contributed by atoms with E-state index in [-0.39, 0.29) is 6.10 Å². The molecule has 2 heterocycles. The normalized spacial score (nSPS) is 12.8. The summed E-state index contributed by atoms with van der Waals surface area (Å²) in [5, 5.41) is 10.3. The number of rotatable bonds is 4. The zero-order valence-corrected chi connectivity index (χ0v) is 13.9. The van der Waals surface area contributed by atoms with Gasteiger partial charge in [-0.15, -0.1) is 0 Å². The van der Waals surface area contributed by atoms with E-state index in [9.17, 15) is 5.11 Å². The molecule has 2 aromatic heterocycles. The van der Waals surface area contributed by atoms with Crippen molar-refractivity contribution in [1.82, 2.24) is 9.38 Å². The van der Waals surface area contributed by atoms with Crippen LogP contribution in [0.25, 0.3) is 16.9 Å². The van der Waals surface area contributed by atoms with Crippen LogP contribution in [0.3, 0.4) is 0 Å². The summed E-state index contributed by atoms with van der Waals surface area (Å²) in [6.45, 7) is 7.80.